The third kappa shape index (κ3) is 3.83. The number of carbonyl (C=O) groups excluding carboxylic acids is 1. The van der Waals surface area contributed by atoms with Crippen molar-refractivity contribution in [3.63, 3.8) is 0 Å². The van der Waals surface area contributed by atoms with Crippen molar-refractivity contribution >= 4 is 22.6 Å². The van der Waals surface area contributed by atoms with Crippen molar-refractivity contribution in [1.82, 2.24) is 4.98 Å². The van der Waals surface area contributed by atoms with E-state index in [0.717, 1.165) is 23.8 Å². The Morgan fingerprint density at radius 2 is 2.15 bits per heavy atom. The number of carbonyl (C=O) groups is 1. The summed E-state index contributed by atoms with van der Waals surface area (Å²) in [4.78, 5) is 27.8. The van der Waals surface area contributed by atoms with Gasteiger partial charge >= 0.3 is 5.63 Å². The number of aromatic nitrogens is 1. The van der Waals surface area contributed by atoms with Crippen LogP contribution in [0, 0.1) is 6.92 Å². The molecule has 1 fully saturated rings. The van der Waals surface area contributed by atoms with E-state index in [9.17, 15) is 9.59 Å². The summed E-state index contributed by atoms with van der Waals surface area (Å²) in [5.74, 6) is 0.697. The van der Waals surface area contributed by atoms with Crippen LogP contribution >= 0.6 is 0 Å². The Morgan fingerprint density at radius 3 is 2.89 bits per heavy atom. The van der Waals surface area contributed by atoms with E-state index in [2.05, 4.69) is 10.3 Å². The Hall–Kier alpha value is -3.19. The standard InChI is InChI=1S/C20H18N2O5/c1-12-9-19(23)27-17-10-14(5-6-15(12)17)26-18-7-4-13(11-21-18)22-20(24)16-3-2-8-25-16/h4-7,9-11,16H,2-3,8H2,1H3,(H,22,24)/t16-/m1/s1. The third-order valence-electron chi connectivity index (χ3n) is 4.37. The van der Waals surface area contributed by atoms with Gasteiger partial charge < -0.3 is 19.2 Å². The number of hydrogen-bond donors (Lipinski definition) is 1. The van der Waals surface area contributed by atoms with E-state index >= 15 is 0 Å². The molecule has 0 saturated carbocycles. The lowest BCUT2D eigenvalue weighted by molar-refractivity contribution is -0.124. The van der Waals surface area contributed by atoms with Crippen LogP contribution in [0.15, 0.2) is 51.8 Å². The van der Waals surface area contributed by atoms with Crippen LogP contribution in [-0.2, 0) is 9.53 Å². The summed E-state index contributed by atoms with van der Waals surface area (Å²) in [7, 11) is 0. The predicted molar refractivity (Wildman–Crippen MR) is 99.1 cm³/mol. The normalized spacial score (nSPS) is 16.4. The molecule has 2 aromatic heterocycles. The van der Waals surface area contributed by atoms with Crippen LogP contribution in [0.25, 0.3) is 11.0 Å². The molecular formula is C20H18N2O5. The SMILES string of the molecule is Cc1cc(=O)oc2cc(Oc3ccc(NC(=O)[C@H]4CCCO4)cn3)ccc12. The molecule has 0 spiro atoms. The van der Waals surface area contributed by atoms with Crippen molar-refractivity contribution in [2.45, 2.75) is 25.9 Å². The summed E-state index contributed by atoms with van der Waals surface area (Å²) in [5, 5.41) is 3.63. The van der Waals surface area contributed by atoms with Gasteiger partial charge in [0.15, 0.2) is 0 Å². The minimum absolute atomic E-state index is 0.164. The molecule has 1 saturated heterocycles. The number of amides is 1. The fourth-order valence-electron chi connectivity index (χ4n) is 3.01. The van der Waals surface area contributed by atoms with Crippen LogP contribution < -0.4 is 15.7 Å². The number of fused-ring (bicyclic) bond motifs is 1. The Bertz CT molecular complexity index is 1040. The van der Waals surface area contributed by atoms with E-state index in [-0.39, 0.29) is 5.91 Å². The monoisotopic (exact) mass is 366 g/mol. The van der Waals surface area contributed by atoms with Crippen LogP contribution in [0.5, 0.6) is 11.6 Å². The summed E-state index contributed by atoms with van der Waals surface area (Å²) in [6, 6.07) is 10.1. The van der Waals surface area contributed by atoms with Crippen LogP contribution in [0.1, 0.15) is 18.4 Å². The van der Waals surface area contributed by atoms with Gasteiger partial charge in [-0.3, -0.25) is 4.79 Å². The molecule has 1 amide bonds. The first-order valence-electron chi connectivity index (χ1n) is 8.69. The van der Waals surface area contributed by atoms with E-state index in [1.54, 1.807) is 24.3 Å². The van der Waals surface area contributed by atoms with Crippen molar-refractivity contribution in [1.29, 1.82) is 0 Å². The zero-order valence-electron chi connectivity index (χ0n) is 14.7. The molecule has 3 aromatic rings. The Kier molecular flexibility index (Phi) is 4.60. The maximum absolute atomic E-state index is 12.0. The quantitative estimate of drug-likeness (QED) is 0.712. The maximum atomic E-state index is 12.0. The average molecular weight is 366 g/mol. The maximum Gasteiger partial charge on any atom is 0.336 e. The zero-order chi connectivity index (χ0) is 18.8. The number of pyridine rings is 1. The van der Waals surface area contributed by atoms with Gasteiger partial charge in [-0.15, -0.1) is 0 Å². The van der Waals surface area contributed by atoms with Gasteiger partial charge in [-0.25, -0.2) is 9.78 Å². The van der Waals surface area contributed by atoms with E-state index in [4.69, 9.17) is 13.9 Å². The number of aryl methyl sites for hydroxylation is 1. The molecule has 0 unspecified atom stereocenters. The molecule has 1 N–H and O–H groups in total. The number of rotatable bonds is 4. The highest BCUT2D eigenvalue weighted by atomic mass is 16.5. The minimum Gasteiger partial charge on any atom is -0.439 e. The summed E-state index contributed by atoms with van der Waals surface area (Å²) in [6.07, 6.45) is 2.76. The van der Waals surface area contributed by atoms with E-state index < -0.39 is 11.7 Å². The third-order valence-corrected chi connectivity index (χ3v) is 4.37. The molecular weight excluding hydrogens is 348 g/mol. The van der Waals surface area contributed by atoms with Crippen LogP contribution in [0.2, 0.25) is 0 Å². The van der Waals surface area contributed by atoms with Crippen molar-refractivity contribution in [2.75, 3.05) is 11.9 Å². The number of nitrogens with one attached hydrogen (secondary N) is 1. The fourth-order valence-corrected chi connectivity index (χ4v) is 3.01. The molecule has 7 nitrogen and oxygen atoms in total. The minimum atomic E-state index is -0.401. The molecule has 1 aliphatic rings. The Morgan fingerprint density at radius 1 is 1.26 bits per heavy atom. The van der Waals surface area contributed by atoms with Gasteiger partial charge in [-0.05, 0) is 43.5 Å². The van der Waals surface area contributed by atoms with Crippen LogP contribution in [-0.4, -0.2) is 23.6 Å². The molecule has 3 heterocycles. The van der Waals surface area contributed by atoms with E-state index in [1.165, 1.54) is 12.3 Å². The first-order chi connectivity index (χ1) is 13.1. The van der Waals surface area contributed by atoms with Crippen molar-refractivity contribution in [3.8, 4) is 11.6 Å². The first-order valence-corrected chi connectivity index (χ1v) is 8.69. The second kappa shape index (κ2) is 7.20. The van der Waals surface area contributed by atoms with Crippen molar-refractivity contribution < 1.29 is 18.7 Å². The molecule has 138 valence electrons. The van der Waals surface area contributed by atoms with Gasteiger partial charge in [-0.1, -0.05) is 0 Å². The molecule has 0 aliphatic carbocycles. The predicted octanol–water partition coefficient (Wildman–Crippen LogP) is 3.41. The van der Waals surface area contributed by atoms with Crippen LogP contribution in [0.3, 0.4) is 0 Å². The number of nitrogens with zero attached hydrogens (tertiary/aromatic N) is 1. The molecule has 1 atom stereocenters. The second-order valence-corrected chi connectivity index (χ2v) is 6.38. The molecule has 1 aromatic carbocycles. The number of hydrogen-bond acceptors (Lipinski definition) is 6. The highest BCUT2D eigenvalue weighted by Gasteiger charge is 2.23. The molecule has 27 heavy (non-hydrogen) atoms. The van der Waals surface area contributed by atoms with Gasteiger partial charge in [0.25, 0.3) is 5.91 Å². The molecule has 1 aliphatic heterocycles. The lowest BCUT2D eigenvalue weighted by Crippen LogP contribution is -2.26. The molecule has 0 radical (unpaired) electrons. The zero-order valence-corrected chi connectivity index (χ0v) is 14.7. The topological polar surface area (TPSA) is 90.7 Å². The Labute approximate surface area is 154 Å². The number of ether oxygens (including phenoxy) is 2. The number of benzene rings is 1. The lowest BCUT2D eigenvalue weighted by Gasteiger charge is -2.11. The summed E-state index contributed by atoms with van der Waals surface area (Å²) in [6.45, 7) is 2.47. The lowest BCUT2D eigenvalue weighted by atomic mass is 10.1. The van der Waals surface area contributed by atoms with Crippen LogP contribution in [0.4, 0.5) is 5.69 Å². The van der Waals surface area contributed by atoms with Gasteiger partial charge in [0, 0.05) is 30.2 Å². The highest BCUT2D eigenvalue weighted by molar-refractivity contribution is 5.94. The van der Waals surface area contributed by atoms with E-state index in [0.29, 0.717) is 29.5 Å². The van der Waals surface area contributed by atoms with Crippen molar-refractivity contribution in [2.24, 2.45) is 0 Å². The van der Waals surface area contributed by atoms with E-state index in [1.807, 2.05) is 13.0 Å². The average Bonchev–Trinajstić information content (AvgIpc) is 3.18. The summed E-state index contributed by atoms with van der Waals surface area (Å²) < 4.78 is 16.3. The highest BCUT2D eigenvalue weighted by Crippen LogP contribution is 2.26. The summed E-state index contributed by atoms with van der Waals surface area (Å²) in [5.41, 5.74) is 1.47. The van der Waals surface area contributed by atoms with Gasteiger partial charge in [0.1, 0.15) is 17.4 Å². The first kappa shape index (κ1) is 17.2. The second-order valence-electron chi connectivity index (χ2n) is 6.38. The van der Waals surface area contributed by atoms with Gasteiger partial charge in [0.05, 0.1) is 11.9 Å². The fraction of sp³-hybridized carbons (Fsp3) is 0.250. The Balaban J connectivity index is 1.47. The van der Waals surface area contributed by atoms with Crippen molar-refractivity contribution in [3.05, 3.63) is 58.6 Å². The number of anilines is 1. The van der Waals surface area contributed by atoms with Gasteiger partial charge in [-0.2, -0.15) is 0 Å². The molecule has 4 rings (SSSR count). The largest absolute Gasteiger partial charge is 0.439 e. The summed E-state index contributed by atoms with van der Waals surface area (Å²) >= 11 is 0. The molecule has 0 bridgehead atoms. The van der Waals surface area contributed by atoms with Gasteiger partial charge in [0.2, 0.25) is 5.88 Å². The molecule has 7 heteroatoms. The smallest absolute Gasteiger partial charge is 0.336 e.